The van der Waals surface area contributed by atoms with Crippen molar-refractivity contribution in [3.05, 3.63) is 23.8 Å². The first kappa shape index (κ1) is 14.9. The van der Waals surface area contributed by atoms with Crippen molar-refractivity contribution >= 4 is 17.7 Å². The minimum Gasteiger partial charge on any atom is -0.496 e. The lowest BCUT2D eigenvalue weighted by Gasteiger charge is -2.09. The summed E-state index contributed by atoms with van der Waals surface area (Å²) in [6, 6.07) is 6.10. The molecule has 0 saturated carbocycles. The number of methoxy groups -OCH3 is 1. The summed E-state index contributed by atoms with van der Waals surface area (Å²) >= 11 is 1.65. The zero-order chi connectivity index (χ0) is 13.4. The molecule has 1 aromatic carbocycles. The zero-order valence-corrected chi connectivity index (χ0v) is 11.5. The van der Waals surface area contributed by atoms with Crippen LogP contribution in [0.25, 0.3) is 0 Å². The Morgan fingerprint density at radius 3 is 2.89 bits per heavy atom. The Morgan fingerprint density at radius 2 is 2.28 bits per heavy atom. The Balaban J connectivity index is 2.40. The van der Waals surface area contributed by atoms with Crippen LogP contribution in [0.4, 0.5) is 0 Å². The third-order valence-electron chi connectivity index (χ3n) is 2.52. The van der Waals surface area contributed by atoms with Crippen LogP contribution in [0.1, 0.15) is 18.4 Å². The van der Waals surface area contributed by atoms with Gasteiger partial charge in [0, 0.05) is 17.9 Å². The third kappa shape index (κ3) is 4.98. The van der Waals surface area contributed by atoms with Gasteiger partial charge in [-0.25, -0.2) is 0 Å². The highest BCUT2D eigenvalue weighted by Crippen LogP contribution is 2.28. The van der Waals surface area contributed by atoms with Crippen LogP contribution in [0.5, 0.6) is 5.75 Å². The van der Waals surface area contributed by atoms with Gasteiger partial charge in [0.1, 0.15) is 5.75 Å². The predicted octanol–water partition coefficient (Wildman–Crippen LogP) is 2.37. The summed E-state index contributed by atoms with van der Waals surface area (Å²) in [5, 5.41) is 11.7. The van der Waals surface area contributed by atoms with E-state index in [-0.39, 0.29) is 6.42 Å². The summed E-state index contributed by atoms with van der Waals surface area (Å²) in [5.41, 5.74) is 1.14. The molecule has 1 aromatic rings. The molecule has 0 atom stereocenters. The topological polar surface area (TPSA) is 58.6 Å². The first-order chi connectivity index (χ1) is 8.67. The van der Waals surface area contributed by atoms with Gasteiger partial charge in [-0.2, -0.15) is 0 Å². The van der Waals surface area contributed by atoms with Crippen molar-refractivity contribution in [3.63, 3.8) is 0 Å². The normalized spacial score (nSPS) is 10.3. The second kappa shape index (κ2) is 8.00. The van der Waals surface area contributed by atoms with Crippen molar-refractivity contribution in [3.8, 4) is 5.75 Å². The number of nitrogens with one attached hydrogen (secondary N) is 1. The van der Waals surface area contributed by atoms with Crippen LogP contribution in [-0.4, -0.2) is 31.0 Å². The highest BCUT2D eigenvalue weighted by atomic mass is 32.2. The standard InChI is InChI=1S/C13H19NO3S/c1-17-11-8-10(5-6-12(11)18-2)9-14-7-3-4-13(15)16/h5-6,8,14H,3-4,7,9H2,1-2H3,(H,15,16). The molecular formula is C13H19NO3S. The lowest BCUT2D eigenvalue weighted by molar-refractivity contribution is -0.137. The van der Waals surface area contributed by atoms with Crippen molar-refractivity contribution in [1.29, 1.82) is 0 Å². The van der Waals surface area contributed by atoms with Crippen LogP contribution in [0.2, 0.25) is 0 Å². The van der Waals surface area contributed by atoms with Crippen LogP contribution in [0.15, 0.2) is 23.1 Å². The summed E-state index contributed by atoms with van der Waals surface area (Å²) in [5.74, 6) is 0.134. The van der Waals surface area contributed by atoms with E-state index in [4.69, 9.17) is 9.84 Å². The average Bonchev–Trinajstić information content (AvgIpc) is 2.37. The Bertz CT molecular complexity index is 396. The molecule has 0 aliphatic rings. The molecule has 0 heterocycles. The number of ether oxygens (including phenoxy) is 1. The molecule has 0 bridgehead atoms. The molecule has 0 aliphatic carbocycles. The minimum absolute atomic E-state index is 0.210. The molecule has 0 radical (unpaired) electrons. The number of carboxylic acid groups (broad SMARTS) is 1. The van der Waals surface area contributed by atoms with Crippen molar-refractivity contribution < 1.29 is 14.6 Å². The Kier molecular flexibility index (Phi) is 6.60. The van der Waals surface area contributed by atoms with E-state index < -0.39 is 5.97 Å². The quantitative estimate of drug-likeness (QED) is 0.560. The number of carboxylic acids is 1. The molecule has 0 unspecified atom stereocenters. The van der Waals surface area contributed by atoms with Crippen LogP contribution >= 0.6 is 11.8 Å². The number of rotatable bonds is 8. The fraction of sp³-hybridized carbons (Fsp3) is 0.462. The maximum absolute atomic E-state index is 10.3. The van der Waals surface area contributed by atoms with Crippen molar-refractivity contribution in [2.75, 3.05) is 19.9 Å². The van der Waals surface area contributed by atoms with E-state index >= 15 is 0 Å². The molecule has 100 valence electrons. The number of hydrogen-bond donors (Lipinski definition) is 2. The fourth-order valence-electron chi connectivity index (χ4n) is 1.59. The fourth-order valence-corrected chi connectivity index (χ4v) is 2.14. The summed E-state index contributed by atoms with van der Waals surface area (Å²) in [4.78, 5) is 11.5. The van der Waals surface area contributed by atoms with E-state index in [9.17, 15) is 4.79 Å². The Hall–Kier alpha value is -1.20. The molecule has 0 aliphatic heterocycles. The van der Waals surface area contributed by atoms with Crippen LogP contribution in [0, 0.1) is 0 Å². The molecule has 18 heavy (non-hydrogen) atoms. The molecule has 4 nitrogen and oxygen atoms in total. The second-order valence-electron chi connectivity index (χ2n) is 3.86. The molecule has 0 fully saturated rings. The van der Waals surface area contributed by atoms with E-state index in [2.05, 4.69) is 11.4 Å². The zero-order valence-electron chi connectivity index (χ0n) is 10.7. The van der Waals surface area contributed by atoms with Gasteiger partial charge in [0.25, 0.3) is 0 Å². The van der Waals surface area contributed by atoms with Gasteiger partial charge in [0.2, 0.25) is 0 Å². The van der Waals surface area contributed by atoms with E-state index in [1.54, 1.807) is 18.9 Å². The Labute approximate surface area is 112 Å². The number of hydrogen-bond acceptors (Lipinski definition) is 4. The molecule has 0 amide bonds. The van der Waals surface area contributed by atoms with Crippen LogP contribution < -0.4 is 10.1 Å². The maximum atomic E-state index is 10.3. The lowest BCUT2D eigenvalue weighted by Crippen LogP contribution is -2.15. The summed E-state index contributed by atoms with van der Waals surface area (Å²) in [7, 11) is 1.67. The van der Waals surface area contributed by atoms with E-state index in [0.29, 0.717) is 13.0 Å². The maximum Gasteiger partial charge on any atom is 0.303 e. The van der Waals surface area contributed by atoms with Gasteiger partial charge in [-0.3, -0.25) is 4.79 Å². The Morgan fingerprint density at radius 1 is 1.50 bits per heavy atom. The second-order valence-corrected chi connectivity index (χ2v) is 4.71. The molecule has 0 saturated heterocycles. The van der Waals surface area contributed by atoms with Crippen LogP contribution in [0.3, 0.4) is 0 Å². The highest BCUT2D eigenvalue weighted by Gasteiger charge is 2.03. The molecule has 5 heteroatoms. The van der Waals surface area contributed by atoms with Crippen molar-refractivity contribution in [2.45, 2.75) is 24.3 Å². The van der Waals surface area contributed by atoms with E-state index in [1.807, 2.05) is 18.4 Å². The highest BCUT2D eigenvalue weighted by molar-refractivity contribution is 7.98. The summed E-state index contributed by atoms with van der Waals surface area (Å²) < 4.78 is 5.31. The smallest absolute Gasteiger partial charge is 0.303 e. The van der Waals surface area contributed by atoms with Gasteiger partial charge >= 0.3 is 5.97 Å². The predicted molar refractivity (Wildman–Crippen MR) is 73.4 cm³/mol. The lowest BCUT2D eigenvalue weighted by atomic mass is 10.2. The van der Waals surface area contributed by atoms with Crippen molar-refractivity contribution in [1.82, 2.24) is 5.32 Å². The molecular weight excluding hydrogens is 250 g/mol. The number of aliphatic carboxylic acids is 1. The third-order valence-corrected chi connectivity index (χ3v) is 3.30. The number of thioether (sulfide) groups is 1. The van der Waals surface area contributed by atoms with Gasteiger partial charge in [-0.05, 0) is 36.9 Å². The monoisotopic (exact) mass is 269 g/mol. The molecule has 2 N–H and O–H groups in total. The number of benzene rings is 1. The van der Waals surface area contributed by atoms with Gasteiger partial charge in [0.15, 0.2) is 0 Å². The SMILES string of the molecule is COc1cc(CNCCCC(=O)O)ccc1SC. The molecule has 0 aromatic heterocycles. The average molecular weight is 269 g/mol. The summed E-state index contributed by atoms with van der Waals surface area (Å²) in [6.45, 7) is 1.43. The number of carbonyl (C=O) groups is 1. The van der Waals surface area contributed by atoms with Crippen LogP contribution in [-0.2, 0) is 11.3 Å². The minimum atomic E-state index is -0.747. The van der Waals surface area contributed by atoms with Gasteiger partial charge in [-0.1, -0.05) is 6.07 Å². The first-order valence-corrected chi connectivity index (χ1v) is 7.03. The van der Waals surface area contributed by atoms with E-state index in [0.717, 1.165) is 22.8 Å². The van der Waals surface area contributed by atoms with Gasteiger partial charge < -0.3 is 15.2 Å². The first-order valence-electron chi connectivity index (χ1n) is 5.80. The van der Waals surface area contributed by atoms with E-state index in [1.165, 1.54) is 0 Å². The van der Waals surface area contributed by atoms with Gasteiger partial charge in [-0.15, -0.1) is 11.8 Å². The molecule has 1 rings (SSSR count). The van der Waals surface area contributed by atoms with Crippen molar-refractivity contribution in [2.24, 2.45) is 0 Å². The summed E-state index contributed by atoms with van der Waals surface area (Å²) in [6.07, 6.45) is 2.87. The molecule has 0 spiro atoms. The van der Waals surface area contributed by atoms with Gasteiger partial charge in [0.05, 0.1) is 7.11 Å². The largest absolute Gasteiger partial charge is 0.496 e.